The first-order chi connectivity index (χ1) is 11.6. The molecule has 7 nitrogen and oxygen atoms in total. The average molecular weight is 492 g/mol. The lowest BCUT2D eigenvalue weighted by molar-refractivity contribution is -0.116. The Labute approximate surface area is 162 Å². The maximum atomic E-state index is 12.6. The molecule has 0 atom stereocenters. The van der Waals surface area contributed by atoms with E-state index in [1.807, 2.05) is 6.92 Å². The van der Waals surface area contributed by atoms with Gasteiger partial charge in [-0.1, -0.05) is 15.9 Å². The van der Waals surface area contributed by atoms with E-state index in [9.17, 15) is 13.2 Å². The van der Waals surface area contributed by atoms with Crippen molar-refractivity contribution in [3.05, 3.63) is 45.0 Å². The van der Waals surface area contributed by atoms with Crippen molar-refractivity contribution in [3.8, 4) is 0 Å². The molecule has 0 aliphatic heterocycles. The number of nitrogens with two attached hydrogens (primary N) is 1. The normalized spacial score (nSPS) is 11.6. The predicted molar refractivity (Wildman–Crippen MR) is 104 cm³/mol. The molecule has 0 aliphatic rings. The lowest BCUT2D eigenvalue weighted by Crippen LogP contribution is -2.35. The van der Waals surface area contributed by atoms with Gasteiger partial charge in [-0.3, -0.25) is 4.79 Å². The second kappa shape index (κ2) is 7.81. The topological polar surface area (TPSA) is 105 Å². The molecule has 0 radical (unpaired) electrons. The Morgan fingerprint density at radius 2 is 2.00 bits per heavy atom. The van der Waals surface area contributed by atoms with Crippen molar-refractivity contribution in [3.63, 3.8) is 0 Å². The van der Waals surface area contributed by atoms with Crippen LogP contribution in [0, 0.1) is 6.92 Å². The number of anilines is 2. The molecule has 2 rings (SSSR count). The van der Waals surface area contributed by atoms with Gasteiger partial charge in [0.05, 0.1) is 6.54 Å². The summed E-state index contributed by atoms with van der Waals surface area (Å²) in [5.41, 5.74) is 7.19. The molecule has 1 heterocycles. The first-order valence-electron chi connectivity index (χ1n) is 7.04. The second-order valence-electron chi connectivity index (χ2n) is 5.31. The summed E-state index contributed by atoms with van der Waals surface area (Å²) in [4.78, 5) is 15.8. The van der Waals surface area contributed by atoms with Crippen LogP contribution in [-0.2, 0) is 14.8 Å². The second-order valence-corrected chi connectivity index (χ2v) is 9.09. The van der Waals surface area contributed by atoms with Crippen LogP contribution in [0.15, 0.2) is 44.3 Å². The van der Waals surface area contributed by atoms with Gasteiger partial charge in [0.15, 0.2) is 0 Å². The van der Waals surface area contributed by atoms with E-state index in [0.717, 1.165) is 14.3 Å². The summed E-state index contributed by atoms with van der Waals surface area (Å²) in [5.74, 6) is -0.590. The number of amides is 1. The standard InChI is InChI=1S/C15H16Br2N4O3S/c1-9-5-11(3-4-12(9)17)20-14(22)8-21(2)25(23,24)13-6-10(16)7-19-15(13)18/h3-7H,8H2,1-2H3,(H2,18,19)(H,20,22). The molecule has 0 saturated heterocycles. The van der Waals surface area contributed by atoms with Gasteiger partial charge in [0.25, 0.3) is 0 Å². The van der Waals surface area contributed by atoms with Gasteiger partial charge in [-0.05, 0) is 52.7 Å². The van der Waals surface area contributed by atoms with E-state index in [1.54, 1.807) is 18.2 Å². The molecule has 0 aliphatic carbocycles. The highest BCUT2D eigenvalue weighted by Crippen LogP contribution is 2.23. The number of aromatic nitrogens is 1. The van der Waals surface area contributed by atoms with Crippen LogP contribution in [0.5, 0.6) is 0 Å². The maximum Gasteiger partial charge on any atom is 0.246 e. The fourth-order valence-electron chi connectivity index (χ4n) is 2.02. The molecule has 0 spiro atoms. The largest absolute Gasteiger partial charge is 0.383 e. The first-order valence-corrected chi connectivity index (χ1v) is 10.1. The number of halogens is 2. The highest BCUT2D eigenvalue weighted by molar-refractivity contribution is 9.10. The van der Waals surface area contributed by atoms with E-state index >= 15 is 0 Å². The molecule has 1 amide bonds. The summed E-state index contributed by atoms with van der Waals surface area (Å²) < 4.78 is 27.5. The first kappa shape index (κ1) is 19.8. The summed E-state index contributed by atoms with van der Waals surface area (Å²) in [6.45, 7) is 1.53. The van der Waals surface area contributed by atoms with Crippen LogP contribution >= 0.6 is 31.9 Å². The minimum absolute atomic E-state index is 0.126. The summed E-state index contributed by atoms with van der Waals surface area (Å²) in [7, 11) is -2.64. The van der Waals surface area contributed by atoms with Crippen LogP contribution in [0.4, 0.5) is 11.5 Å². The number of nitrogen functional groups attached to an aromatic ring is 1. The van der Waals surface area contributed by atoms with Crippen LogP contribution < -0.4 is 11.1 Å². The van der Waals surface area contributed by atoms with Crippen molar-refractivity contribution in [2.45, 2.75) is 11.8 Å². The average Bonchev–Trinajstić information content (AvgIpc) is 2.53. The third-order valence-corrected chi connectivity index (χ3v) is 6.50. The van der Waals surface area contributed by atoms with Gasteiger partial charge in [-0.2, -0.15) is 4.31 Å². The van der Waals surface area contributed by atoms with Crippen LogP contribution in [0.25, 0.3) is 0 Å². The highest BCUT2D eigenvalue weighted by Gasteiger charge is 2.26. The van der Waals surface area contributed by atoms with Crippen molar-refractivity contribution in [2.24, 2.45) is 0 Å². The van der Waals surface area contributed by atoms with E-state index in [-0.39, 0.29) is 17.3 Å². The number of carbonyl (C=O) groups excluding carboxylic acids is 1. The van der Waals surface area contributed by atoms with Gasteiger partial charge in [0.1, 0.15) is 10.7 Å². The number of nitrogens with zero attached hydrogens (tertiary/aromatic N) is 2. The van der Waals surface area contributed by atoms with Crippen LogP contribution in [0.1, 0.15) is 5.56 Å². The molecule has 1 aromatic heterocycles. The monoisotopic (exact) mass is 490 g/mol. The zero-order valence-corrected chi connectivity index (χ0v) is 17.4. The number of aryl methyl sites for hydroxylation is 1. The van der Waals surface area contributed by atoms with Crippen molar-refractivity contribution in [2.75, 3.05) is 24.6 Å². The molecule has 134 valence electrons. The lowest BCUT2D eigenvalue weighted by atomic mass is 10.2. The van der Waals surface area contributed by atoms with Gasteiger partial charge in [-0.15, -0.1) is 0 Å². The van der Waals surface area contributed by atoms with E-state index in [2.05, 4.69) is 42.2 Å². The maximum absolute atomic E-state index is 12.6. The molecular weight excluding hydrogens is 476 g/mol. The molecule has 0 unspecified atom stereocenters. The number of carbonyl (C=O) groups is 1. The molecule has 1 aromatic carbocycles. The number of nitrogens with one attached hydrogen (secondary N) is 1. The fraction of sp³-hybridized carbons (Fsp3) is 0.200. The summed E-state index contributed by atoms with van der Waals surface area (Å²) in [6.07, 6.45) is 1.40. The molecule has 0 fully saturated rings. The van der Waals surface area contributed by atoms with Crippen LogP contribution in [0.2, 0.25) is 0 Å². The number of rotatable bonds is 5. The van der Waals surface area contributed by atoms with Crippen LogP contribution in [0.3, 0.4) is 0 Å². The SMILES string of the molecule is Cc1cc(NC(=O)CN(C)S(=O)(=O)c2cc(Br)cnc2N)ccc1Br. The number of pyridine rings is 1. The van der Waals surface area contributed by atoms with Crippen molar-refractivity contribution in [1.29, 1.82) is 0 Å². The third-order valence-electron chi connectivity index (χ3n) is 3.34. The van der Waals surface area contributed by atoms with Gasteiger partial charge in [-0.25, -0.2) is 13.4 Å². The van der Waals surface area contributed by atoms with E-state index in [1.165, 1.54) is 19.3 Å². The Morgan fingerprint density at radius 3 is 2.64 bits per heavy atom. The van der Waals surface area contributed by atoms with Crippen molar-refractivity contribution in [1.82, 2.24) is 9.29 Å². The van der Waals surface area contributed by atoms with Gasteiger partial charge in [0, 0.05) is 27.9 Å². The predicted octanol–water partition coefficient (Wildman–Crippen LogP) is 2.76. The third kappa shape index (κ3) is 4.78. The Hall–Kier alpha value is -1.49. The Bertz CT molecular complexity index is 919. The molecule has 0 bridgehead atoms. The Kier molecular flexibility index (Phi) is 6.20. The number of sulfonamides is 1. The van der Waals surface area contributed by atoms with E-state index in [0.29, 0.717) is 10.2 Å². The number of hydrogen-bond donors (Lipinski definition) is 2. The zero-order valence-electron chi connectivity index (χ0n) is 13.5. The summed E-state index contributed by atoms with van der Waals surface area (Å²) >= 11 is 6.54. The fourth-order valence-corrected chi connectivity index (χ4v) is 3.96. The lowest BCUT2D eigenvalue weighted by Gasteiger charge is -2.18. The van der Waals surface area contributed by atoms with Crippen molar-refractivity contribution >= 4 is 59.3 Å². The number of benzene rings is 1. The number of likely N-dealkylation sites (N-methyl/N-ethyl adjacent to an activating group) is 1. The summed E-state index contributed by atoms with van der Waals surface area (Å²) in [6, 6.07) is 6.66. The van der Waals surface area contributed by atoms with Gasteiger partial charge >= 0.3 is 0 Å². The molecule has 3 N–H and O–H groups in total. The highest BCUT2D eigenvalue weighted by atomic mass is 79.9. The zero-order chi connectivity index (χ0) is 18.8. The molecule has 10 heteroatoms. The Morgan fingerprint density at radius 1 is 1.32 bits per heavy atom. The minimum Gasteiger partial charge on any atom is -0.383 e. The molecule has 25 heavy (non-hydrogen) atoms. The molecular formula is C15H16Br2N4O3S. The summed E-state index contributed by atoms with van der Waals surface area (Å²) in [5, 5.41) is 2.67. The van der Waals surface area contributed by atoms with Gasteiger partial charge < -0.3 is 11.1 Å². The van der Waals surface area contributed by atoms with Crippen molar-refractivity contribution < 1.29 is 13.2 Å². The van der Waals surface area contributed by atoms with E-state index in [4.69, 9.17) is 5.73 Å². The van der Waals surface area contributed by atoms with Crippen LogP contribution in [-0.4, -0.2) is 37.2 Å². The van der Waals surface area contributed by atoms with E-state index < -0.39 is 15.9 Å². The smallest absolute Gasteiger partial charge is 0.246 e. The minimum atomic E-state index is -3.95. The molecule has 2 aromatic rings. The Balaban J connectivity index is 2.14. The molecule has 0 saturated carbocycles. The van der Waals surface area contributed by atoms with Gasteiger partial charge in [0.2, 0.25) is 15.9 Å². The number of hydrogen-bond acceptors (Lipinski definition) is 5. The quantitative estimate of drug-likeness (QED) is 0.668.